The van der Waals surface area contributed by atoms with Gasteiger partial charge in [-0.15, -0.1) is 0 Å². The standard InChI is InChI=1S/C16H33N3O/c1-12(2)14-6-9-19(10-7-14)11-8-16(5,15(17)20)18-13(3)4/h12-14,18H,6-11H2,1-5H3,(H2,17,20). The van der Waals surface area contributed by atoms with Crippen LogP contribution in [-0.4, -0.2) is 42.0 Å². The second-order valence-electron chi connectivity index (χ2n) is 7.17. The molecular weight excluding hydrogens is 250 g/mol. The maximum Gasteiger partial charge on any atom is 0.237 e. The summed E-state index contributed by atoms with van der Waals surface area (Å²) in [4.78, 5) is 14.2. The van der Waals surface area contributed by atoms with Crippen molar-refractivity contribution >= 4 is 5.91 Å². The molecule has 3 N–H and O–H groups in total. The number of likely N-dealkylation sites (tertiary alicyclic amines) is 1. The first kappa shape index (κ1) is 17.4. The van der Waals surface area contributed by atoms with Crippen LogP contribution in [-0.2, 0) is 4.79 Å². The van der Waals surface area contributed by atoms with Gasteiger partial charge in [0.05, 0.1) is 5.54 Å². The quantitative estimate of drug-likeness (QED) is 0.751. The predicted octanol–water partition coefficient (Wildman–Crippen LogP) is 1.99. The number of piperidine rings is 1. The Morgan fingerprint density at radius 1 is 1.30 bits per heavy atom. The highest BCUT2D eigenvalue weighted by Crippen LogP contribution is 2.25. The van der Waals surface area contributed by atoms with E-state index in [9.17, 15) is 4.79 Å². The SMILES string of the molecule is CC(C)NC(C)(CCN1CCC(C(C)C)CC1)C(N)=O. The van der Waals surface area contributed by atoms with E-state index >= 15 is 0 Å². The second-order valence-corrected chi connectivity index (χ2v) is 7.17. The minimum Gasteiger partial charge on any atom is -0.368 e. The van der Waals surface area contributed by atoms with Gasteiger partial charge < -0.3 is 16.0 Å². The number of primary amides is 1. The van der Waals surface area contributed by atoms with Crippen molar-refractivity contribution in [1.82, 2.24) is 10.2 Å². The third kappa shape index (κ3) is 5.06. The lowest BCUT2D eigenvalue weighted by molar-refractivity contribution is -0.124. The van der Waals surface area contributed by atoms with E-state index in [0.29, 0.717) is 0 Å². The molecule has 1 amide bonds. The molecule has 1 atom stereocenters. The lowest BCUT2D eigenvalue weighted by Gasteiger charge is -2.36. The minimum atomic E-state index is -0.594. The fourth-order valence-corrected chi connectivity index (χ4v) is 3.13. The molecule has 0 radical (unpaired) electrons. The molecule has 4 nitrogen and oxygen atoms in total. The van der Waals surface area contributed by atoms with Crippen LogP contribution in [0, 0.1) is 11.8 Å². The first-order valence-electron chi connectivity index (χ1n) is 8.04. The molecule has 1 rings (SSSR count). The molecule has 0 aromatic carbocycles. The van der Waals surface area contributed by atoms with E-state index in [1.54, 1.807) is 0 Å². The van der Waals surface area contributed by atoms with Gasteiger partial charge in [0.1, 0.15) is 0 Å². The van der Waals surface area contributed by atoms with Crippen LogP contribution in [0.15, 0.2) is 0 Å². The van der Waals surface area contributed by atoms with Crippen LogP contribution < -0.4 is 11.1 Å². The highest BCUT2D eigenvalue weighted by Gasteiger charge is 2.32. The van der Waals surface area contributed by atoms with Gasteiger partial charge in [-0.25, -0.2) is 0 Å². The van der Waals surface area contributed by atoms with E-state index in [-0.39, 0.29) is 11.9 Å². The lowest BCUT2D eigenvalue weighted by atomic mass is 9.86. The molecule has 118 valence electrons. The van der Waals surface area contributed by atoms with Crippen LogP contribution in [0.3, 0.4) is 0 Å². The van der Waals surface area contributed by atoms with Gasteiger partial charge in [0, 0.05) is 12.6 Å². The number of nitrogens with zero attached hydrogens (tertiary/aromatic N) is 1. The average molecular weight is 283 g/mol. The maximum atomic E-state index is 11.7. The van der Waals surface area contributed by atoms with Gasteiger partial charge in [-0.2, -0.15) is 0 Å². The summed E-state index contributed by atoms with van der Waals surface area (Å²) < 4.78 is 0. The maximum absolute atomic E-state index is 11.7. The predicted molar refractivity (Wildman–Crippen MR) is 84.5 cm³/mol. The zero-order valence-corrected chi connectivity index (χ0v) is 13.9. The van der Waals surface area contributed by atoms with Gasteiger partial charge in [-0.05, 0) is 65.0 Å². The summed E-state index contributed by atoms with van der Waals surface area (Å²) in [6.45, 7) is 13.9. The topological polar surface area (TPSA) is 58.4 Å². The molecule has 1 aliphatic heterocycles. The van der Waals surface area contributed by atoms with Gasteiger partial charge in [-0.1, -0.05) is 13.8 Å². The van der Waals surface area contributed by atoms with E-state index in [2.05, 4.69) is 37.9 Å². The fraction of sp³-hybridized carbons (Fsp3) is 0.938. The van der Waals surface area contributed by atoms with Crippen LogP contribution in [0.4, 0.5) is 0 Å². The van der Waals surface area contributed by atoms with Crippen molar-refractivity contribution in [3.8, 4) is 0 Å². The Bertz CT molecular complexity index is 309. The molecule has 0 bridgehead atoms. The molecule has 0 aromatic heterocycles. The number of nitrogens with one attached hydrogen (secondary N) is 1. The monoisotopic (exact) mass is 283 g/mol. The third-order valence-electron chi connectivity index (χ3n) is 4.65. The summed E-state index contributed by atoms with van der Waals surface area (Å²) in [6.07, 6.45) is 3.35. The summed E-state index contributed by atoms with van der Waals surface area (Å²) in [6, 6.07) is 0.263. The number of rotatable bonds is 7. The van der Waals surface area contributed by atoms with Crippen molar-refractivity contribution in [3.05, 3.63) is 0 Å². The van der Waals surface area contributed by atoms with Gasteiger partial charge in [0.25, 0.3) is 0 Å². The van der Waals surface area contributed by atoms with Gasteiger partial charge >= 0.3 is 0 Å². The summed E-state index contributed by atoms with van der Waals surface area (Å²) >= 11 is 0. The Labute approximate surface area is 124 Å². The molecule has 1 aliphatic rings. The van der Waals surface area contributed by atoms with Crippen molar-refractivity contribution in [3.63, 3.8) is 0 Å². The highest BCUT2D eigenvalue weighted by atomic mass is 16.1. The normalized spacial score (nSPS) is 21.4. The first-order valence-corrected chi connectivity index (χ1v) is 8.04. The summed E-state index contributed by atoms with van der Waals surface area (Å²) in [7, 11) is 0. The van der Waals surface area contributed by atoms with Crippen LogP contribution >= 0.6 is 0 Å². The van der Waals surface area contributed by atoms with Crippen LogP contribution in [0.2, 0.25) is 0 Å². The Kier molecular flexibility index (Phi) is 6.46. The van der Waals surface area contributed by atoms with E-state index in [1.165, 1.54) is 12.8 Å². The van der Waals surface area contributed by atoms with Gasteiger partial charge in [0.15, 0.2) is 0 Å². The molecule has 0 aliphatic carbocycles. The molecule has 1 fully saturated rings. The van der Waals surface area contributed by atoms with Crippen molar-refractivity contribution in [2.24, 2.45) is 17.6 Å². The Hall–Kier alpha value is -0.610. The molecule has 1 unspecified atom stereocenters. The zero-order chi connectivity index (χ0) is 15.3. The van der Waals surface area contributed by atoms with E-state index in [0.717, 1.165) is 37.9 Å². The van der Waals surface area contributed by atoms with E-state index in [4.69, 9.17) is 5.73 Å². The minimum absolute atomic E-state index is 0.247. The van der Waals surface area contributed by atoms with Crippen molar-refractivity contribution in [2.45, 2.75) is 65.5 Å². The number of nitrogens with two attached hydrogens (primary N) is 1. The summed E-state index contributed by atoms with van der Waals surface area (Å²) in [5, 5.41) is 3.32. The van der Waals surface area contributed by atoms with E-state index in [1.807, 2.05) is 6.92 Å². The number of carbonyl (C=O) groups excluding carboxylic acids is 1. The fourth-order valence-electron chi connectivity index (χ4n) is 3.13. The Morgan fingerprint density at radius 3 is 2.25 bits per heavy atom. The Balaban J connectivity index is 2.43. The number of hydrogen-bond donors (Lipinski definition) is 2. The molecule has 1 saturated heterocycles. The molecule has 0 spiro atoms. The van der Waals surface area contributed by atoms with Crippen molar-refractivity contribution < 1.29 is 4.79 Å². The molecule has 4 heteroatoms. The first-order chi connectivity index (χ1) is 9.24. The summed E-state index contributed by atoms with van der Waals surface area (Å²) in [5.41, 5.74) is 4.98. The molecule has 20 heavy (non-hydrogen) atoms. The average Bonchev–Trinajstić information content (AvgIpc) is 2.36. The number of hydrogen-bond acceptors (Lipinski definition) is 3. The van der Waals surface area contributed by atoms with Gasteiger partial charge in [0.2, 0.25) is 5.91 Å². The number of carbonyl (C=O) groups is 1. The van der Waals surface area contributed by atoms with Crippen molar-refractivity contribution in [2.75, 3.05) is 19.6 Å². The molecule has 0 saturated carbocycles. The largest absolute Gasteiger partial charge is 0.368 e. The van der Waals surface area contributed by atoms with E-state index < -0.39 is 5.54 Å². The van der Waals surface area contributed by atoms with Crippen molar-refractivity contribution in [1.29, 1.82) is 0 Å². The van der Waals surface area contributed by atoms with Gasteiger partial charge in [-0.3, -0.25) is 4.79 Å². The molecular formula is C16H33N3O. The lowest BCUT2D eigenvalue weighted by Crippen LogP contribution is -2.57. The zero-order valence-electron chi connectivity index (χ0n) is 13.9. The second kappa shape index (κ2) is 7.41. The highest BCUT2D eigenvalue weighted by molar-refractivity contribution is 5.84. The summed E-state index contributed by atoms with van der Waals surface area (Å²) in [5.74, 6) is 1.40. The third-order valence-corrected chi connectivity index (χ3v) is 4.65. The molecule has 0 aromatic rings. The van der Waals surface area contributed by atoms with Crippen LogP contribution in [0.5, 0.6) is 0 Å². The number of amides is 1. The molecule has 1 heterocycles. The van der Waals surface area contributed by atoms with Crippen LogP contribution in [0.25, 0.3) is 0 Å². The smallest absolute Gasteiger partial charge is 0.237 e. The Morgan fingerprint density at radius 2 is 1.85 bits per heavy atom. The van der Waals surface area contributed by atoms with Crippen LogP contribution in [0.1, 0.15) is 53.9 Å².